The number of para-hydroxylation sites is 1. The molecule has 0 saturated heterocycles. The zero-order valence-electron chi connectivity index (χ0n) is 10.1. The average molecular weight is 296 g/mol. The van der Waals surface area contributed by atoms with E-state index in [1.165, 1.54) is 12.1 Å². The number of hydrogen-bond acceptors (Lipinski definition) is 3. The maximum Gasteiger partial charge on any atom is 0.244 e. The van der Waals surface area contributed by atoms with Gasteiger partial charge in [-0.15, -0.1) is 0 Å². The molecular weight excluding hydrogens is 286 g/mol. The van der Waals surface area contributed by atoms with Crippen LogP contribution < -0.4 is 10.0 Å². The molecule has 1 aliphatic rings. The van der Waals surface area contributed by atoms with Crippen LogP contribution >= 0.6 is 0 Å². The number of rotatable bonds is 1. The first-order valence-electron chi connectivity index (χ1n) is 5.80. The molecule has 4 nitrogen and oxygen atoms in total. The van der Waals surface area contributed by atoms with Gasteiger partial charge in [0, 0.05) is 0 Å². The Morgan fingerprint density at radius 1 is 1.00 bits per heavy atom. The van der Waals surface area contributed by atoms with Crippen LogP contribution in [0.1, 0.15) is 11.7 Å². The molecule has 0 radical (unpaired) electrons. The molecule has 0 spiro atoms. The highest BCUT2D eigenvalue weighted by atomic mass is 32.2. The maximum atomic E-state index is 13.2. The molecule has 0 aliphatic carbocycles. The zero-order valence-corrected chi connectivity index (χ0v) is 10.9. The topological polar surface area (TPSA) is 58.2 Å². The molecule has 104 valence electrons. The van der Waals surface area contributed by atoms with Gasteiger partial charge in [0.05, 0.1) is 5.69 Å². The third kappa shape index (κ3) is 2.14. The van der Waals surface area contributed by atoms with Gasteiger partial charge in [-0.2, -0.15) is 4.72 Å². The number of hydrogen-bond donors (Lipinski definition) is 2. The van der Waals surface area contributed by atoms with Crippen LogP contribution in [0.3, 0.4) is 0 Å². The summed E-state index contributed by atoms with van der Waals surface area (Å²) in [6.45, 7) is 0. The molecule has 20 heavy (non-hydrogen) atoms. The van der Waals surface area contributed by atoms with E-state index in [1.807, 2.05) is 0 Å². The Morgan fingerprint density at radius 3 is 2.50 bits per heavy atom. The van der Waals surface area contributed by atoms with Gasteiger partial charge in [0.25, 0.3) is 0 Å². The summed E-state index contributed by atoms with van der Waals surface area (Å²) in [7, 11) is -3.69. The highest BCUT2D eigenvalue weighted by Gasteiger charge is 2.29. The summed E-state index contributed by atoms with van der Waals surface area (Å²) in [6, 6.07) is 9.62. The summed E-state index contributed by atoms with van der Waals surface area (Å²) < 4.78 is 52.7. The average Bonchev–Trinajstić information content (AvgIpc) is 2.41. The number of fused-ring (bicyclic) bond motifs is 1. The molecule has 2 aromatic carbocycles. The maximum absolute atomic E-state index is 13.2. The second kappa shape index (κ2) is 4.53. The Hall–Kier alpha value is -1.99. The van der Waals surface area contributed by atoms with Crippen molar-refractivity contribution >= 4 is 15.7 Å². The van der Waals surface area contributed by atoms with Crippen molar-refractivity contribution in [2.75, 3.05) is 5.32 Å². The second-order valence-electron chi connectivity index (χ2n) is 4.37. The fourth-order valence-electron chi connectivity index (χ4n) is 2.07. The Morgan fingerprint density at radius 2 is 1.75 bits per heavy atom. The molecule has 2 N–H and O–H groups in total. The van der Waals surface area contributed by atoms with Crippen LogP contribution in [0.15, 0.2) is 47.4 Å². The lowest BCUT2D eigenvalue weighted by atomic mass is 10.1. The van der Waals surface area contributed by atoms with E-state index in [4.69, 9.17) is 0 Å². The van der Waals surface area contributed by atoms with E-state index < -0.39 is 27.8 Å². The van der Waals surface area contributed by atoms with Gasteiger partial charge < -0.3 is 5.32 Å². The van der Waals surface area contributed by atoms with Crippen molar-refractivity contribution in [3.05, 3.63) is 59.7 Å². The Labute approximate surface area is 114 Å². The van der Waals surface area contributed by atoms with E-state index in [9.17, 15) is 17.2 Å². The van der Waals surface area contributed by atoms with Crippen molar-refractivity contribution < 1.29 is 17.2 Å². The van der Waals surface area contributed by atoms with Crippen LogP contribution in [0.2, 0.25) is 0 Å². The van der Waals surface area contributed by atoms with Crippen LogP contribution in [0.25, 0.3) is 0 Å². The normalized spacial score (nSPS) is 20.0. The fraction of sp³-hybridized carbons (Fsp3) is 0.0769. The van der Waals surface area contributed by atoms with Crippen molar-refractivity contribution in [3.63, 3.8) is 0 Å². The molecular formula is C13H10F2N2O2S. The molecule has 0 saturated carbocycles. The summed E-state index contributed by atoms with van der Waals surface area (Å²) in [5.74, 6) is -2.00. The first kappa shape index (κ1) is 13.0. The van der Waals surface area contributed by atoms with Crippen molar-refractivity contribution in [2.45, 2.75) is 11.1 Å². The van der Waals surface area contributed by atoms with Crippen LogP contribution in [0.5, 0.6) is 0 Å². The third-order valence-corrected chi connectivity index (χ3v) is 4.51. The van der Waals surface area contributed by atoms with Crippen molar-refractivity contribution in [2.24, 2.45) is 0 Å². The fourth-order valence-corrected chi connectivity index (χ4v) is 3.37. The molecule has 0 fully saturated rings. The molecule has 7 heteroatoms. The molecule has 0 bridgehead atoms. The molecule has 1 atom stereocenters. The third-order valence-electron chi connectivity index (χ3n) is 3.03. The number of halogens is 2. The van der Waals surface area contributed by atoms with Crippen LogP contribution in [-0.2, 0) is 10.0 Å². The number of nitrogens with one attached hydrogen (secondary N) is 2. The van der Waals surface area contributed by atoms with E-state index in [2.05, 4.69) is 10.0 Å². The van der Waals surface area contributed by atoms with Crippen LogP contribution in [0.4, 0.5) is 14.5 Å². The van der Waals surface area contributed by atoms with E-state index >= 15 is 0 Å². The molecule has 1 unspecified atom stereocenters. The van der Waals surface area contributed by atoms with Crippen molar-refractivity contribution in [1.82, 2.24) is 4.72 Å². The Bertz CT molecular complexity index is 778. The first-order valence-corrected chi connectivity index (χ1v) is 7.28. The SMILES string of the molecule is O=S1(=O)NC(c2ccc(F)c(F)c2)Nc2ccccc21. The van der Waals surface area contributed by atoms with Gasteiger partial charge in [-0.05, 0) is 29.8 Å². The lowest BCUT2D eigenvalue weighted by Gasteiger charge is -2.28. The summed E-state index contributed by atoms with van der Waals surface area (Å²) in [4.78, 5) is 0.124. The summed E-state index contributed by atoms with van der Waals surface area (Å²) >= 11 is 0. The van der Waals surface area contributed by atoms with E-state index in [1.54, 1.807) is 18.2 Å². The highest BCUT2D eigenvalue weighted by molar-refractivity contribution is 7.89. The molecule has 1 aliphatic heterocycles. The monoisotopic (exact) mass is 296 g/mol. The van der Waals surface area contributed by atoms with Gasteiger partial charge in [-0.1, -0.05) is 18.2 Å². The summed E-state index contributed by atoms with van der Waals surface area (Å²) in [5.41, 5.74) is 0.711. The molecule has 2 aromatic rings. The van der Waals surface area contributed by atoms with E-state index in [0.29, 0.717) is 11.3 Å². The minimum absolute atomic E-state index is 0.124. The molecule has 0 aromatic heterocycles. The Balaban J connectivity index is 2.05. The second-order valence-corrected chi connectivity index (χ2v) is 6.05. The van der Waals surface area contributed by atoms with Gasteiger partial charge in [-0.3, -0.25) is 0 Å². The van der Waals surface area contributed by atoms with E-state index in [0.717, 1.165) is 12.1 Å². The van der Waals surface area contributed by atoms with Gasteiger partial charge in [-0.25, -0.2) is 17.2 Å². The lowest BCUT2D eigenvalue weighted by molar-refractivity contribution is 0.504. The highest BCUT2D eigenvalue weighted by Crippen LogP contribution is 2.30. The number of sulfonamides is 1. The predicted molar refractivity (Wildman–Crippen MR) is 69.5 cm³/mol. The summed E-state index contributed by atoms with van der Waals surface area (Å²) in [5, 5.41) is 2.94. The van der Waals surface area contributed by atoms with Crippen molar-refractivity contribution in [1.29, 1.82) is 0 Å². The standard InChI is InChI=1S/C13H10F2N2O2S/c14-9-6-5-8(7-10(9)15)13-16-11-3-1-2-4-12(11)20(18,19)17-13/h1-7,13,16-17H. The van der Waals surface area contributed by atoms with E-state index in [-0.39, 0.29) is 4.90 Å². The van der Waals surface area contributed by atoms with Crippen LogP contribution in [0, 0.1) is 11.6 Å². The zero-order chi connectivity index (χ0) is 14.3. The molecule has 1 heterocycles. The first-order chi connectivity index (χ1) is 9.47. The smallest absolute Gasteiger partial charge is 0.244 e. The largest absolute Gasteiger partial charge is 0.364 e. The van der Waals surface area contributed by atoms with Gasteiger partial charge in [0.1, 0.15) is 11.1 Å². The lowest BCUT2D eigenvalue weighted by Crippen LogP contribution is -2.38. The van der Waals surface area contributed by atoms with Crippen molar-refractivity contribution in [3.8, 4) is 0 Å². The van der Waals surface area contributed by atoms with Gasteiger partial charge in [0.15, 0.2) is 11.6 Å². The predicted octanol–water partition coefficient (Wildman–Crippen LogP) is 2.37. The molecule has 3 rings (SSSR count). The summed E-state index contributed by atoms with van der Waals surface area (Å²) in [6.07, 6.45) is -0.843. The van der Waals surface area contributed by atoms with Gasteiger partial charge in [0.2, 0.25) is 10.0 Å². The minimum Gasteiger partial charge on any atom is -0.364 e. The number of anilines is 1. The number of benzene rings is 2. The molecule has 0 amide bonds. The Kier molecular flexibility index (Phi) is 2.95. The minimum atomic E-state index is -3.69. The van der Waals surface area contributed by atoms with Crippen LogP contribution in [-0.4, -0.2) is 8.42 Å². The van der Waals surface area contributed by atoms with Gasteiger partial charge >= 0.3 is 0 Å². The quantitative estimate of drug-likeness (QED) is 0.849.